The van der Waals surface area contributed by atoms with Gasteiger partial charge < -0.3 is 10.2 Å². The van der Waals surface area contributed by atoms with Gasteiger partial charge in [-0.05, 0) is 38.3 Å². The van der Waals surface area contributed by atoms with Crippen LogP contribution in [0.4, 0.5) is 0 Å². The number of thioether (sulfide) groups is 1. The van der Waals surface area contributed by atoms with E-state index in [4.69, 9.17) is 0 Å². The van der Waals surface area contributed by atoms with Crippen molar-refractivity contribution < 1.29 is 4.79 Å². The summed E-state index contributed by atoms with van der Waals surface area (Å²) >= 11 is 1.63. The van der Waals surface area contributed by atoms with E-state index in [0.29, 0.717) is 6.04 Å². The zero-order valence-corrected chi connectivity index (χ0v) is 11.8. The van der Waals surface area contributed by atoms with E-state index in [1.807, 2.05) is 42.5 Å². The molecule has 1 aromatic rings. The monoisotopic (exact) mass is 264 g/mol. The Bertz CT molecular complexity index is 414. The van der Waals surface area contributed by atoms with Gasteiger partial charge in [0.25, 0.3) is 5.91 Å². The number of hydrogen-bond donors (Lipinski definition) is 1. The highest BCUT2D eigenvalue weighted by Gasteiger charge is 2.23. The third-order valence-corrected chi connectivity index (χ3v) is 4.32. The fourth-order valence-corrected chi connectivity index (χ4v) is 2.95. The first kappa shape index (κ1) is 13.4. The first-order valence-corrected chi connectivity index (χ1v) is 7.58. The first-order valence-electron chi connectivity index (χ1n) is 6.36. The third kappa shape index (κ3) is 2.87. The fraction of sp³-hybridized carbons (Fsp3) is 0.500. The molecule has 0 bridgehead atoms. The van der Waals surface area contributed by atoms with E-state index in [1.54, 1.807) is 11.8 Å². The number of likely N-dealkylation sites (tertiary alicyclic amines) is 1. The van der Waals surface area contributed by atoms with Crippen LogP contribution in [0.2, 0.25) is 0 Å². The van der Waals surface area contributed by atoms with Crippen molar-refractivity contribution in [2.75, 3.05) is 26.4 Å². The van der Waals surface area contributed by atoms with Gasteiger partial charge in [-0.1, -0.05) is 12.1 Å². The Hall–Kier alpha value is -1.00. The predicted molar refractivity (Wildman–Crippen MR) is 76.2 cm³/mol. The second-order valence-corrected chi connectivity index (χ2v) is 5.40. The van der Waals surface area contributed by atoms with Crippen LogP contribution in [0.15, 0.2) is 29.2 Å². The van der Waals surface area contributed by atoms with Crippen LogP contribution in [0, 0.1) is 0 Å². The van der Waals surface area contributed by atoms with Crippen LogP contribution in [-0.4, -0.2) is 43.2 Å². The molecular formula is C14H20N2OS. The maximum absolute atomic E-state index is 12.5. The van der Waals surface area contributed by atoms with Gasteiger partial charge >= 0.3 is 0 Å². The number of piperidine rings is 1. The molecule has 0 atom stereocenters. The van der Waals surface area contributed by atoms with Crippen molar-refractivity contribution in [3.63, 3.8) is 0 Å². The van der Waals surface area contributed by atoms with Crippen LogP contribution in [-0.2, 0) is 0 Å². The topological polar surface area (TPSA) is 32.3 Å². The number of carbonyl (C=O) groups is 1. The molecule has 1 aliphatic rings. The Morgan fingerprint density at radius 2 is 2.00 bits per heavy atom. The predicted octanol–water partition coefficient (Wildman–Crippen LogP) is 2.23. The lowest BCUT2D eigenvalue weighted by Crippen LogP contribution is -2.44. The molecule has 1 amide bonds. The largest absolute Gasteiger partial charge is 0.338 e. The SMILES string of the molecule is CNC1CCN(C(=O)c2ccccc2SC)CC1. The first-order chi connectivity index (χ1) is 8.76. The van der Waals surface area contributed by atoms with E-state index in [-0.39, 0.29) is 5.91 Å². The summed E-state index contributed by atoms with van der Waals surface area (Å²) in [6.07, 6.45) is 4.10. The molecule has 0 saturated carbocycles. The van der Waals surface area contributed by atoms with E-state index in [2.05, 4.69) is 5.32 Å². The maximum Gasteiger partial charge on any atom is 0.254 e. The molecule has 18 heavy (non-hydrogen) atoms. The Morgan fingerprint density at radius 1 is 1.33 bits per heavy atom. The molecule has 1 aromatic carbocycles. The molecule has 0 unspecified atom stereocenters. The highest BCUT2D eigenvalue weighted by molar-refractivity contribution is 7.98. The summed E-state index contributed by atoms with van der Waals surface area (Å²) < 4.78 is 0. The summed E-state index contributed by atoms with van der Waals surface area (Å²) in [4.78, 5) is 15.5. The van der Waals surface area contributed by atoms with Gasteiger partial charge in [0.2, 0.25) is 0 Å². The van der Waals surface area contributed by atoms with Gasteiger partial charge in [0.15, 0.2) is 0 Å². The van der Waals surface area contributed by atoms with Crippen LogP contribution < -0.4 is 5.32 Å². The maximum atomic E-state index is 12.5. The van der Waals surface area contributed by atoms with Crippen LogP contribution in [0.5, 0.6) is 0 Å². The molecule has 4 heteroatoms. The normalized spacial score (nSPS) is 16.9. The zero-order chi connectivity index (χ0) is 13.0. The van der Waals surface area contributed by atoms with Crippen molar-refractivity contribution in [2.45, 2.75) is 23.8 Å². The molecule has 98 valence electrons. The van der Waals surface area contributed by atoms with Gasteiger partial charge in [0.1, 0.15) is 0 Å². The number of amides is 1. The minimum Gasteiger partial charge on any atom is -0.338 e. The van der Waals surface area contributed by atoms with E-state index >= 15 is 0 Å². The second kappa shape index (κ2) is 6.25. The zero-order valence-electron chi connectivity index (χ0n) is 11.0. The molecule has 3 nitrogen and oxygen atoms in total. The van der Waals surface area contributed by atoms with E-state index in [1.165, 1.54) is 0 Å². The average molecular weight is 264 g/mol. The van der Waals surface area contributed by atoms with E-state index < -0.39 is 0 Å². The average Bonchev–Trinajstić information content (AvgIpc) is 2.46. The number of nitrogens with zero attached hydrogens (tertiary/aromatic N) is 1. The smallest absolute Gasteiger partial charge is 0.254 e. The molecule has 2 rings (SSSR count). The van der Waals surface area contributed by atoms with E-state index in [9.17, 15) is 4.79 Å². The van der Waals surface area contributed by atoms with Crippen molar-refractivity contribution in [1.82, 2.24) is 10.2 Å². The van der Waals surface area contributed by atoms with E-state index in [0.717, 1.165) is 36.4 Å². The molecule has 1 saturated heterocycles. The highest BCUT2D eigenvalue weighted by atomic mass is 32.2. The van der Waals surface area contributed by atoms with Crippen molar-refractivity contribution in [3.8, 4) is 0 Å². The molecule has 1 fully saturated rings. The Kier molecular flexibility index (Phi) is 4.66. The van der Waals surface area contributed by atoms with Crippen LogP contribution in [0.1, 0.15) is 23.2 Å². The second-order valence-electron chi connectivity index (χ2n) is 4.56. The fourth-order valence-electron chi connectivity index (χ4n) is 2.36. The van der Waals surface area contributed by atoms with Crippen molar-refractivity contribution >= 4 is 17.7 Å². The Balaban J connectivity index is 2.08. The lowest BCUT2D eigenvalue weighted by Gasteiger charge is -2.32. The summed E-state index contributed by atoms with van der Waals surface area (Å²) in [6.45, 7) is 1.71. The summed E-state index contributed by atoms with van der Waals surface area (Å²) in [5.74, 6) is 0.175. The van der Waals surface area contributed by atoms with Crippen LogP contribution >= 0.6 is 11.8 Å². The summed E-state index contributed by atoms with van der Waals surface area (Å²) in [5.41, 5.74) is 0.841. The molecule has 1 N–H and O–H groups in total. The van der Waals surface area contributed by atoms with Crippen molar-refractivity contribution in [2.24, 2.45) is 0 Å². The number of hydrogen-bond acceptors (Lipinski definition) is 3. The molecule has 1 aliphatic heterocycles. The lowest BCUT2D eigenvalue weighted by molar-refractivity contribution is 0.0704. The number of carbonyl (C=O) groups excluding carboxylic acids is 1. The highest BCUT2D eigenvalue weighted by Crippen LogP contribution is 2.22. The standard InChI is InChI=1S/C14H20N2OS/c1-15-11-7-9-16(10-8-11)14(17)12-5-3-4-6-13(12)18-2/h3-6,11,15H,7-10H2,1-2H3. The molecular weight excluding hydrogens is 244 g/mol. The summed E-state index contributed by atoms with van der Waals surface area (Å²) in [7, 11) is 1.99. The van der Waals surface area contributed by atoms with Gasteiger partial charge in [-0.3, -0.25) is 4.79 Å². The summed E-state index contributed by atoms with van der Waals surface area (Å²) in [5, 5.41) is 3.28. The molecule has 0 radical (unpaired) electrons. The Labute approximate surface area is 113 Å². The van der Waals surface area contributed by atoms with Gasteiger partial charge in [-0.15, -0.1) is 11.8 Å². The van der Waals surface area contributed by atoms with Crippen molar-refractivity contribution in [3.05, 3.63) is 29.8 Å². The minimum absolute atomic E-state index is 0.175. The molecule has 0 aliphatic carbocycles. The minimum atomic E-state index is 0.175. The molecule has 0 spiro atoms. The van der Waals surface area contributed by atoms with Gasteiger partial charge in [0, 0.05) is 24.0 Å². The number of nitrogens with one attached hydrogen (secondary N) is 1. The third-order valence-electron chi connectivity index (χ3n) is 3.53. The summed E-state index contributed by atoms with van der Waals surface area (Å²) in [6, 6.07) is 8.42. The van der Waals surface area contributed by atoms with Crippen LogP contribution in [0.3, 0.4) is 0 Å². The van der Waals surface area contributed by atoms with Gasteiger partial charge in [-0.25, -0.2) is 0 Å². The van der Waals surface area contributed by atoms with Crippen molar-refractivity contribution in [1.29, 1.82) is 0 Å². The van der Waals surface area contributed by atoms with Crippen LogP contribution in [0.25, 0.3) is 0 Å². The van der Waals surface area contributed by atoms with Gasteiger partial charge in [0.05, 0.1) is 5.56 Å². The lowest BCUT2D eigenvalue weighted by atomic mass is 10.0. The molecule has 1 heterocycles. The molecule has 0 aromatic heterocycles. The van der Waals surface area contributed by atoms with Gasteiger partial charge in [-0.2, -0.15) is 0 Å². The number of rotatable bonds is 3. The Morgan fingerprint density at radius 3 is 2.61 bits per heavy atom. The number of benzene rings is 1. The quantitative estimate of drug-likeness (QED) is 0.850.